The Balaban J connectivity index is 1.80. The van der Waals surface area contributed by atoms with Gasteiger partial charge in [-0.25, -0.2) is 13.1 Å². The van der Waals surface area contributed by atoms with E-state index in [1.165, 1.54) is 12.5 Å². The van der Waals surface area contributed by atoms with Gasteiger partial charge in [-0.1, -0.05) is 39.7 Å². The molecule has 0 aromatic heterocycles. The van der Waals surface area contributed by atoms with Gasteiger partial charge in [0.1, 0.15) is 0 Å². The zero-order valence-electron chi connectivity index (χ0n) is 16.8. The summed E-state index contributed by atoms with van der Waals surface area (Å²) in [6.07, 6.45) is 6.19. The number of benzene rings is 1. The van der Waals surface area contributed by atoms with E-state index in [2.05, 4.69) is 30.8 Å². The van der Waals surface area contributed by atoms with Crippen molar-refractivity contribution >= 4 is 15.9 Å². The van der Waals surface area contributed by atoms with Crippen molar-refractivity contribution in [1.29, 1.82) is 0 Å². The fourth-order valence-corrected chi connectivity index (χ4v) is 5.42. The van der Waals surface area contributed by atoms with Gasteiger partial charge in [0.25, 0.3) is 5.91 Å². The van der Waals surface area contributed by atoms with Crippen LogP contribution in [-0.2, 0) is 10.0 Å². The van der Waals surface area contributed by atoms with E-state index in [1.807, 2.05) is 6.92 Å². The quantitative estimate of drug-likeness (QED) is 0.801. The summed E-state index contributed by atoms with van der Waals surface area (Å²) in [4.78, 5) is 13.2. The second-order valence-electron chi connectivity index (χ2n) is 9.21. The van der Waals surface area contributed by atoms with Crippen LogP contribution in [0.25, 0.3) is 0 Å². The summed E-state index contributed by atoms with van der Waals surface area (Å²) in [5.74, 6) is 0.260. The van der Waals surface area contributed by atoms with E-state index in [0.717, 1.165) is 37.7 Å². The average Bonchev–Trinajstić information content (AvgIpc) is 3.37. The van der Waals surface area contributed by atoms with Crippen LogP contribution in [0.15, 0.2) is 23.1 Å². The van der Waals surface area contributed by atoms with E-state index in [-0.39, 0.29) is 28.3 Å². The molecule has 2 fully saturated rings. The highest BCUT2D eigenvalue weighted by Crippen LogP contribution is 2.38. The Morgan fingerprint density at radius 3 is 2.37 bits per heavy atom. The van der Waals surface area contributed by atoms with Crippen molar-refractivity contribution < 1.29 is 13.2 Å². The van der Waals surface area contributed by atoms with Crippen LogP contribution in [-0.4, -0.2) is 26.4 Å². The van der Waals surface area contributed by atoms with Gasteiger partial charge in [0, 0.05) is 17.6 Å². The van der Waals surface area contributed by atoms with E-state index in [0.29, 0.717) is 11.5 Å². The molecule has 2 atom stereocenters. The van der Waals surface area contributed by atoms with Gasteiger partial charge in [-0.2, -0.15) is 0 Å². The van der Waals surface area contributed by atoms with Gasteiger partial charge < -0.3 is 5.32 Å². The number of hydrogen-bond donors (Lipinski definition) is 2. The highest BCUT2D eigenvalue weighted by Gasteiger charge is 2.35. The molecule has 1 amide bonds. The number of amides is 1. The monoisotopic (exact) mass is 392 g/mol. The molecule has 2 aliphatic carbocycles. The Hall–Kier alpha value is -1.40. The minimum Gasteiger partial charge on any atom is -0.349 e. The molecule has 6 heteroatoms. The summed E-state index contributed by atoms with van der Waals surface area (Å²) in [7, 11) is -3.57. The lowest BCUT2D eigenvalue weighted by molar-refractivity contribution is 0.0829. The molecule has 150 valence electrons. The predicted octanol–water partition coefficient (Wildman–Crippen LogP) is 3.77. The molecule has 0 saturated heterocycles. The molecule has 0 heterocycles. The topological polar surface area (TPSA) is 75.3 Å². The Morgan fingerprint density at radius 2 is 1.74 bits per heavy atom. The van der Waals surface area contributed by atoms with Crippen LogP contribution in [0.1, 0.15) is 75.2 Å². The summed E-state index contributed by atoms with van der Waals surface area (Å²) in [5, 5.41) is 3.21. The Bertz CT molecular complexity index is 807. The Morgan fingerprint density at radius 1 is 1.07 bits per heavy atom. The number of sulfonamides is 1. The Labute approximate surface area is 163 Å². The summed E-state index contributed by atoms with van der Waals surface area (Å²) in [6, 6.07) is 5.00. The SMILES string of the molecule is Cc1ccc(S(=O)(=O)NC2CC2)cc1C(=O)NC1CCCCC1C(C)(C)C. The number of aryl methyl sites for hydroxylation is 1. The molecular weight excluding hydrogens is 360 g/mol. The second-order valence-corrected chi connectivity index (χ2v) is 10.9. The van der Waals surface area contributed by atoms with E-state index >= 15 is 0 Å². The van der Waals surface area contributed by atoms with Crippen molar-refractivity contribution in [2.45, 2.75) is 83.2 Å². The first-order chi connectivity index (χ1) is 12.6. The molecule has 0 bridgehead atoms. The van der Waals surface area contributed by atoms with Crippen molar-refractivity contribution in [2.75, 3.05) is 0 Å². The zero-order valence-corrected chi connectivity index (χ0v) is 17.7. The maximum atomic E-state index is 13.0. The van der Waals surface area contributed by atoms with E-state index < -0.39 is 10.0 Å². The van der Waals surface area contributed by atoms with E-state index in [1.54, 1.807) is 12.1 Å². The standard InChI is InChI=1S/C21H32N2O3S/c1-14-9-12-16(27(25,26)23-15-10-11-15)13-17(14)20(24)22-19-8-6-5-7-18(19)21(2,3)4/h9,12-13,15,18-19,23H,5-8,10-11H2,1-4H3,(H,22,24). The normalized spacial score (nSPS) is 23.9. The van der Waals surface area contributed by atoms with Crippen LogP contribution in [0.3, 0.4) is 0 Å². The zero-order chi connectivity index (χ0) is 19.8. The molecule has 0 radical (unpaired) electrons. The van der Waals surface area contributed by atoms with Crippen LogP contribution in [0, 0.1) is 18.3 Å². The third-order valence-corrected chi connectivity index (χ3v) is 7.38. The summed E-state index contributed by atoms with van der Waals surface area (Å²) in [6.45, 7) is 8.53. The molecule has 1 aromatic rings. The number of nitrogens with one attached hydrogen (secondary N) is 2. The van der Waals surface area contributed by atoms with Crippen molar-refractivity contribution in [3.63, 3.8) is 0 Å². The van der Waals surface area contributed by atoms with Gasteiger partial charge in [-0.05, 0) is 61.6 Å². The molecular formula is C21H32N2O3S. The largest absolute Gasteiger partial charge is 0.349 e. The molecule has 0 spiro atoms. The summed E-state index contributed by atoms with van der Waals surface area (Å²) in [5.41, 5.74) is 1.38. The maximum Gasteiger partial charge on any atom is 0.251 e. The molecule has 2 aliphatic rings. The van der Waals surface area contributed by atoms with Gasteiger partial charge in [0.15, 0.2) is 0 Å². The molecule has 0 aliphatic heterocycles. The third-order valence-electron chi connectivity index (χ3n) is 5.86. The lowest BCUT2D eigenvalue weighted by Crippen LogP contribution is -2.46. The van der Waals surface area contributed by atoms with Crippen molar-refractivity contribution in [3.05, 3.63) is 29.3 Å². The average molecular weight is 393 g/mol. The molecule has 5 nitrogen and oxygen atoms in total. The first-order valence-corrected chi connectivity index (χ1v) is 11.5. The van der Waals surface area contributed by atoms with Crippen LogP contribution in [0.2, 0.25) is 0 Å². The highest BCUT2D eigenvalue weighted by atomic mass is 32.2. The van der Waals surface area contributed by atoms with Crippen LogP contribution in [0.5, 0.6) is 0 Å². The fraction of sp³-hybridized carbons (Fsp3) is 0.667. The maximum absolute atomic E-state index is 13.0. The number of carbonyl (C=O) groups excluding carboxylic acids is 1. The van der Waals surface area contributed by atoms with E-state index in [4.69, 9.17) is 0 Å². The third kappa shape index (κ3) is 4.91. The van der Waals surface area contributed by atoms with Crippen LogP contribution >= 0.6 is 0 Å². The van der Waals surface area contributed by atoms with Gasteiger partial charge in [-0.3, -0.25) is 4.79 Å². The van der Waals surface area contributed by atoms with Crippen molar-refractivity contribution in [1.82, 2.24) is 10.0 Å². The van der Waals surface area contributed by atoms with Gasteiger partial charge in [0.2, 0.25) is 10.0 Å². The van der Waals surface area contributed by atoms with Crippen LogP contribution < -0.4 is 10.0 Å². The number of carbonyl (C=O) groups is 1. The van der Waals surface area contributed by atoms with Crippen molar-refractivity contribution in [3.8, 4) is 0 Å². The van der Waals surface area contributed by atoms with Gasteiger partial charge >= 0.3 is 0 Å². The first kappa shape index (κ1) is 20.3. The molecule has 27 heavy (non-hydrogen) atoms. The molecule has 2 saturated carbocycles. The summed E-state index contributed by atoms with van der Waals surface area (Å²) < 4.78 is 27.7. The van der Waals surface area contributed by atoms with Gasteiger partial charge in [0.05, 0.1) is 4.90 Å². The minimum absolute atomic E-state index is 0.0448. The lowest BCUT2D eigenvalue weighted by atomic mass is 9.69. The smallest absolute Gasteiger partial charge is 0.251 e. The molecule has 3 rings (SSSR count). The summed E-state index contributed by atoms with van der Waals surface area (Å²) >= 11 is 0. The molecule has 2 N–H and O–H groups in total. The number of rotatable bonds is 5. The second kappa shape index (κ2) is 7.55. The highest BCUT2D eigenvalue weighted by molar-refractivity contribution is 7.89. The van der Waals surface area contributed by atoms with Crippen molar-refractivity contribution in [2.24, 2.45) is 11.3 Å². The van der Waals surface area contributed by atoms with Crippen LogP contribution in [0.4, 0.5) is 0 Å². The predicted molar refractivity (Wildman–Crippen MR) is 107 cm³/mol. The fourth-order valence-electron chi connectivity index (χ4n) is 4.09. The van der Waals surface area contributed by atoms with Gasteiger partial charge in [-0.15, -0.1) is 0 Å². The molecule has 2 unspecified atom stereocenters. The number of hydrogen-bond acceptors (Lipinski definition) is 3. The first-order valence-electron chi connectivity index (χ1n) is 10.0. The Kier molecular flexibility index (Phi) is 5.69. The lowest BCUT2D eigenvalue weighted by Gasteiger charge is -2.40. The van der Waals surface area contributed by atoms with E-state index in [9.17, 15) is 13.2 Å². The molecule has 1 aromatic carbocycles. The minimum atomic E-state index is -3.57.